The highest BCUT2D eigenvalue weighted by Crippen LogP contribution is 2.24. The van der Waals surface area contributed by atoms with E-state index in [-0.39, 0.29) is 17.1 Å². The Labute approximate surface area is 116 Å². The third-order valence-corrected chi connectivity index (χ3v) is 2.65. The van der Waals surface area contributed by atoms with E-state index in [4.69, 9.17) is 4.74 Å². The molecule has 0 aliphatic heterocycles. The lowest BCUT2D eigenvalue weighted by molar-refractivity contribution is 0.102. The highest BCUT2D eigenvalue weighted by Gasteiger charge is 2.11. The predicted octanol–water partition coefficient (Wildman–Crippen LogP) is 2.75. The molecule has 2 aromatic carbocycles. The Morgan fingerprint density at radius 1 is 1.15 bits per heavy atom. The zero-order chi connectivity index (χ0) is 14.5. The molecule has 1 amide bonds. The summed E-state index contributed by atoms with van der Waals surface area (Å²) in [6.45, 7) is 2.47. The number of carbonyl (C=O) groups is 1. The molecule has 3 N–H and O–H groups in total. The van der Waals surface area contributed by atoms with E-state index in [9.17, 15) is 15.0 Å². The summed E-state index contributed by atoms with van der Waals surface area (Å²) in [6.07, 6.45) is 0. The number of hydrogen-bond acceptors (Lipinski definition) is 4. The standard InChI is InChI=1S/C15H15NO4/c1-2-20-12-6-3-10(4-7-12)16-15(19)13-8-5-11(17)9-14(13)18/h3-9,17-18H,2H2,1H3,(H,16,19). The van der Waals surface area contributed by atoms with Gasteiger partial charge >= 0.3 is 0 Å². The van der Waals surface area contributed by atoms with Crippen LogP contribution in [0, 0.1) is 0 Å². The lowest BCUT2D eigenvalue weighted by Gasteiger charge is -2.08. The fraction of sp³-hybridized carbons (Fsp3) is 0.133. The second-order valence-corrected chi connectivity index (χ2v) is 4.11. The molecule has 0 bridgehead atoms. The minimum Gasteiger partial charge on any atom is -0.508 e. The molecule has 0 aliphatic carbocycles. The van der Waals surface area contributed by atoms with E-state index in [1.165, 1.54) is 12.1 Å². The van der Waals surface area contributed by atoms with Crippen LogP contribution in [0.1, 0.15) is 17.3 Å². The normalized spacial score (nSPS) is 10.1. The Morgan fingerprint density at radius 2 is 1.85 bits per heavy atom. The van der Waals surface area contributed by atoms with Gasteiger partial charge in [-0.15, -0.1) is 0 Å². The topological polar surface area (TPSA) is 78.8 Å². The third kappa shape index (κ3) is 3.20. The molecule has 2 rings (SSSR count). The average molecular weight is 273 g/mol. The van der Waals surface area contributed by atoms with Crippen molar-refractivity contribution in [3.05, 3.63) is 48.0 Å². The number of amides is 1. The van der Waals surface area contributed by atoms with Gasteiger partial charge in [0.2, 0.25) is 0 Å². The molecular weight excluding hydrogens is 258 g/mol. The summed E-state index contributed by atoms with van der Waals surface area (Å²) >= 11 is 0. The molecule has 0 spiro atoms. The molecule has 0 fully saturated rings. The van der Waals surface area contributed by atoms with Crippen molar-refractivity contribution in [3.63, 3.8) is 0 Å². The lowest BCUT2D eigenvalue weighted by Crippen LogP contribution is -2.11. The van der Waals surface area contributed by atoms with Crippen molar-refractivity contribution in [2.45, 2.75) is 6.92 Å². The zero-order valence-corrected chi connectivity index (χ0v) is 11.0. The van der Waals surface area contributed by atoms with E-state index in [0.717, 1.165) is 11.8 Å². The van der Waals surface area contributed by atoms with E-state index in [2.05, 4.69) is 5.32 Å². The van der Waals surface area contributed by atoms with Gasteiger partial charge in [0, 0.05) is 11.8 Å². The molecule has 104 valence electrons. The molecule has 5 heteroatoms. The first-order valence-electron chi connectivity index (χ1n) is 6.16. The molecule has 0 atom stereocenters. The van der Waals surface area contributed by atoms with E-state index in [1.807, 2.05) is 6.92 Å². The number of phenolic OH excluding ortho intramolecular Hbond substituents is 2. The summed E-state index contributed by atoms with van der Waals surface area (Å²) in [7, 11) is 0. The number of nitrogens with one attached hydrogen (secondary N) is 1. The first-order valence-corrected chi connectivity index (χ1v) is 6.16. The summed E-state index contributed by atoms with van der Waals surface area (Å²) < 4.78 is 5.30. The first-order chi connectivity index (χ1) is 9.60. The smallest absolute Gasteiger partial charge is 0.259 e. The van der Waals surface area contributed by atoms with Gasteiger partial charge in [-0.1, -0.05) is 0 Å². The number of phenols is 2. The molecule has 0 heterocycles. The predicted molar refractivity (Wildman–Crippen MR) is 75.3 cm³/mol. The minimum atomic E-state index is -0.452. The largest absolute Gasteiger partial charge is 0.508 e. The number of hydrogen-bond donors (Lipinski definition) is 3. The van der Waals surface area contributed by atoms with Crippen molar-refractivity contribution in [3.8, 4) is 17.2 Å². The van der Waals surface area contributed by atoms with Crippen molar-refractivity contribution < 1.29 is 19.7 Å². The Kier molecular flexibility index (Phi) is 4.10. The van der Waals surface area contributed by atoms with Crippen molar-refractivity contribution >= 4 is 11.6 Å². The maximum Gasteiger partial charge on any atom is 0.259 e. The van der Waals surface area contributed by atoms with E-state index in [0.29, 0.717) is 12.3 Å². The highest BCUT2D eigenvalue weighted by molar-refractivity contribution is 6.06. The first kappa shape index (κ1) is 13.7. The fourth-order valence-electron chi connectivity index (χ4n) is 1.71. The van der Waals surface area contributed by atoms with Crippen LogP contribution in [0.5, 0.6) is 17.2 Å². The van der Waals surface area contributed by atoms with Gasteiger partial charge in [0.1, 0.15) is 17.2 Å². The van der Waals surface area contributed by atoms with Crippen molar-refractivity contribution in [2.75, 3.05) is 11.9 Å². The SMILES string of the molecule is CCOc1ccc(NC(=O)c2ccc(O)cc2O)cc1. The summed E-state index contributed by atoms with van der Waals surface area (Å²) in [4.78, 5) is 12.0. The van der Waals surface area contributed by atoms with Gasteiger partial charge in [0.15, 0.2) is 0 Å². The lowest BCUT2D eigenvalue weighted by atomic mass is 10.1. The number of benzene rings is 2. The summed E-state index contributed by atoms with van der Waals surface area (Å²) in [6, 6.07) is 10.7. The number of rotatable bonds is 4. The summed E-state index contributed by atoms with van der Waals surface area (Å²) in [5.41, 5.74) is 0.683. The molecule has 5 nitrogen and oxygen atoms in total. The van der Waals surface area contributed by atoms with E-state index >= 15 is 0 Å². The number of ether oxygens (including phenoxy) is 1. The number of anilines is 1. The fourth-order valence-corrected chi connectivity index (χ4v) is 1.71. The van der Waals surface area contributed by atoms with Crippen molar-refractivity contribution in [1.82, 2.24) is 0 Å². The average Bonchev–Trinajstić information content (AvgIpc) is 2.41. The third-order valence-electron chi connectivity index (χ3n) is 2.65. The van der Waals surface area contributed by atoms with Crippen LogP contribution in [0.2, 0.25) is 0 Å². The van der Waals surface area contributed by atoms with Crippen LogP contribution < -0.4 is 10.1 Å². The van der Waals surface area contributed by atoms with Crippen LogP contribution in [-0.2, 0) is 0 Å². The van der Waals surface area contributed by atoms with Gasteiger partial charge in [0.05, 0.1) is 12.2 Å². The highest BCUT2D eigenvalue weighted by atomic mass is 16.5. The number of carbonyl (C=O) groups excluding carboxylic acids is 1. The molecule has 0 unspecified atom stereocenters. The van der Waals surface area contributed by atoms with Crippen LogP contribution in [0.25, 0.3) is 0 Å². The van der Waals surface area contributed by atoms with Crippen LogP contribution in [0.3, 0.4) is 0 Å². The maximum absolute atomic E-state index is 12.0. The van der Waals surface area contributed by atoms with Gasteiger partial charge in [-0.2, -0.15) is 0 Å². The van der Waals surface area contributed by atoms with Crippen molar-refractivity contribution in [2.24, 2.45) is 0 Å². The molecule has 0 aliphatic rings. The van der Waals surface area contributed by atoms with Gasteiger partial charge < -0.3 is 20.3 Å². The Morgan fingerprint density at radius 3 is 2.45 bits per heavy atom. The second kappa shape index (κ2) is 5.97. The molecule has 0 saturated carbocycles. The molecule has 0 saturated heterocycles. The molecular formula is C15H15NO4. The van der Waals surface area contributed by atoms with Crippen molar-refractivity contribution in [1.29, 1.82) is 0 Å². The molecule has 20 heavy (non-hydrogen) atoms. The number of aromatic hydroxyl groups is 2. The monoisotopic (exact) mass is 273 g/mol. The molecule has 0 aromatic heterocycles. The van der Waals surface area contributed by atoms with Gasteiger partial charge in [0.25, 0.3) is 5.91 Å². The Hall–Kier alpha value is -2.69. The summed E-state index contributed by atoms with van der Waals surface area (Å²) in [5.74, 6) is -0.0989. The van der Waals surface area contributed by atoms with E-state index in [1.54, 1.807) is 24.3 Å². The zero-order valence-electron chi connectivity index (χ0n) is 11.0. The molecule has 2 aromatic rings. The quantitative estimate of drug-likeness (QED) is 0.800. The van der Waals surface area contributed by atoms with Crippen LogP contribution in [-0.4, -0.2) is 22.7 Å². The van der Waals surface area contributed by atoms with Crippen LogP contribution >= 0.6 is 0 Å². The van der Waals surface area contributed by atoms with Crippen LogP contribution in [0.15, 0.2) is 42.5 Å². The molecule has 0 radical (unpaired) electrons. The Bertz CT molecular complexity index is 608. The maximum atomic E-state index is 12.0. The minimum absolute atomic E-state index is 0.0942. The van der Waals surface area contributed by atoms with Gasteiger partial charge in [-0.3, -0.25) is 4.79 Å². The Balaban J connectivity index is 2.11. The van der Waals surface area contributed by atoms with Gasteiger partial charge in [-0.25, -0.2) is 0 Å². The second-order valence-electron chi connectivity index (χ2n) is 4.11. The van der Waals surface area contributed by atoms with E-state index < -0.39 is 5.91 Å². The van der Waals surface area contributed by atoms with Gasteiger partial charge in [-0.05, 0) is 43.3 Å². The van der Waals surface area contributed by atoms with Crippen LogP contribution in [0.4, 0.5) is 5.69 Å². The summed E-state index contributed by atoms with van der Waals surface area (Å²) in [5, 5.41) is 21.4.